The topological polar surface area (TPSA) is 0 Å². The zero-order chi connectivity index (χ0) is 10.2. The average molecular weight is 186 g/mol. The summed E-state index contributed by atoms with van der Waals surface area (Å²) >= 11 is 0. The van der Waals surface area contributed by atoms with Crippen LogP contribution in [-0.4, -0.2) is 0 Å². The molecule has 0 amide bonds. The van der Waals surface area contributed by atoms with E-state index >= 15 is 0 Å². The molecule has 1 atom stereocenters. The summed E-state index contributed by atoms with van der Waals surface area (Å²) in [5.41, 5.74) is 4.92. The number of hydrogen-bond donors (Lipinski definition) is 0. The Morgan fingerprint density at radius 1 is 1.07 bits per heavy atom. The van der Waals surface area contributed by atoms with Crippen molar-refractivity contribution in [1.29, 1.82) is 0 Å². The van der Waals surface area contributed by atoms with E-state index in [-0.39, 0.29) is 0 Å². The van der Waals surface area contributed by atoms with Crippen LogP contribution in [0.15, 0.2) is 41.5 Å². The third-order valence-electron chi connectivity index (χ3n) is 3.88. The molecule has 0 fully saturated rings. The quantitative estimate of drug-likeness (QED) is 0.580. The third kappa shape index (κ3) is 1.30. The molecule has 1 unspecified atom stereocenters. The van der Waals surface area contributed by atoms with E-state index in [0.717, 1.165) is 0 Å². The molecule has 0 radical (unpaired) electrons. The highest BCUT2D eigenvalue weighted by molar-refractivity contribution is 5.40. The maximum atomic E-state index is 2.37. The first-order valence-electron chi connectivity index (χ1n) is 5.37. The first-order valence-corrected chi connectivity index (χ1v) is 5.37. The van der Waals surface area contributed by atoms with Crippen molar-refractivity contribution in [3.63, 3.8) is 0 Å². The lowest BCUT2D eigenvalue weighted by molar-refractivity contribution is 0.550. The van der Waals surface area contributed by atoms with E-state index in [9.17, 15) is 0 Å². The summed E-state index contributed by atoms with van der Waals surface area (Å²) < 4.78 is 0. The largest absolute Gasteiger partial charge is 0.0735 e. The maximum Gasteiger partial charge on any atom is 0.0136 e. The molecular formula is C14H18. The second-order valence-corrected chi connectivity index (χ2v) is 4.60. The van der Waals surface area contributed by atoms with Gasteiger partial charge in [-0.1, -0.05) is 48.4 Å². The second kappa shape index (κ2) is 3.27. The molecule has 0 saturated heterocycles. The Balaban J connectivity index is 2.45. The van der Waals surface area contributed by atoms with Crippen LogP contribution < -0.4 is 0 Å². The van der Waals surface area contributed by atoms with Crippen LogP contribution >= 0.6 is 0 Å². The fraction of sp³-hybridized carbons (Fsp3) is 0.429. The van der Waals surface area contributed by atoms with Crippen molar-refractivity contribution in [2.45, 2.75) is 39.0 Å². The van der Waals surface area contributed by atoms with Crippen molar-refractivity contribution in [3.8, 4) is 0 Å². The van der Waals surface area contributed by atoms with Gasteiger partial charge in [0.25, 0.3) is 0 Å². The summed E-state index contributed by atoms with van der Waals surface area (Å²) in [7, 11) is 0. The summed E-state index contributed by atoms with van der Waals surface area (Å²) in [6.07, 6.45) is 2.53. The van der Waals surface area contributed by atoms with Crippen LogP contribution in [-0.2, 0) is 5.41 Å². The summed E-state index contributed by atoms with van der Waals surface area (Å²) in [6, 6.07) is 10.9. The summed E-state index contributed by atoms with van der Waals surface area (Å²) in [6.45, 7) is 6.92. The van der Waals surface area contributed by atoms with Crippen molar-refractivity contribution < 1.29 is 0 Å². The van der Waals surface area contributed by atoms with Gasteiger partial charge in [-0.3, -0.25) is 0 Å². The predicted molar refractivity (Wildman–Crippen MR) is 61.4 cm³/mol. The van der Waals surface area contributed by atoms with Crippen LogP contribution in [0.3, 0.4) is 0 Å². The molecule has 0 bridgehead atoms. The molecular weight excluding hydrogens is 168 g/mol. The maximum absolute atomic E-state index is 2.37. The summed E-state index contributed by atoms with van der Waals surface area (Å²) in [4.78, 5) is 0. The van der Waals surface area contributed by atoms with E-state index in [1.165, 1.54) is 18.4 Å². The van der Waals surface area contributed by atoms with Gasteiger partial charge in [-0.25, -0.2) is 0 Å². The predicted octanol–water partition coefficient (Wildman–Crippen LogP) is 4.07. The van der Waals surface area contributed by atoms with E-state index in [1.54, 1.807) is 11.1 Å². The second-order valence-electron chi connectivity index (χ2n) is 4.60. The number of rotatable bonds is 1. The van der Waals surface area contributed by atoms with Crippen molar-refractivity contribution in [3.05, 3.63) is 47.0 Å². The van der Waals surface area contributed by atoms with Crippen molar-refractivity contribution in [2.75, 3.05) is 0 Å². The Labute approximate surface area is 86.7 Å². The molecule has 0 aromatic heterocycles. The SMILES string of the molecule is CC1=C(C)C(C)(c2ccccc2)CC1. The van der Waals surface area contributed by atoms with Crippen molar-refractivity contribution in [1.82, 2.24) is 0 Å². The minimum atomic E-state index is 0.297. The van der Waals surface area contributed by atoms with Crippen molar-refractivity contribution >= 4 is 0 Å². The monoisotopic (exact) mass is 186 g/mol. The highest BCUT2D eigenvalue weighted by atomic mass is 14.4. The van der Waals surface area contributed by atoms with Gasteiger partial charge in [0, 0.05) is 5.41 Å². The highest BCUT2D eigenvalue weighted by Gasteiger charge is 2.33. The van der Waals surface area contributed by atoms with Crippen LogP contribution in [0.5, 0.6) is 0 Å². The molecule has 74 valence electrons. The van der Waals surface area contributed by atoms with E-state index in [4.69, 9.17) is 0 Å². The Kier molecular flexibility index (Phi) is 2.22. The molecule has 1 aromatic carbocycles. The van der Waals surface area contributed by atoms with Crippen molar-refractivity contribution in [2.24, 2.45) is 0 Å². The molecule has 14 heavy (non-hydrogen) atoms. The number of hydrogen-bond acceptors (Lipinski definition) is 0. The van der Waals surface area contributed by atoms with E-state index in [0.29, 0.717) is 5.41 Å². The lowest BCUT2D eigenvalue weighted by atomic mass is 9.77. The van der Waals surface area contributed by atoms with Gasteiger partial charge in [0.05, 0.1) is 0 Å². The third-order valence-corrected chi connectivity index (χ3v) is 3.88. The van der Waals surface area contributed by atoms with Gasteiger partial charge in [-0.05, 0) is 32.3 Å². The van der Waals surface area contributed by atoms with Crippen LogP contribution in [0.2, 0.25) is 0 Å². The minimum absolute atomic E-state index is 0.297. The fourth-order valence-electron chi connectivity index (χ4n) is 2.45. The van der Waals surface area contributed by atoms with Gasteiger partial charge < -0.3 is 0 Å². The number of benzene rings is 1. The standard InChI is InChI=1S/C14H18/c1-11-9-10-14(3,12(11)2)13-7-5-4-6-8-13/h4-8H,9-10H2,1-3H3. The van der Waals surface area contributed by atoms with Gasteiger partial charge in [-0.15, -0.1) is 0 Å². The molecule has 0 spiro atoms. The molecule has 0 aliphatic heterocycles. The molecule has 2 rings (SSSR count). The van der Waals surface area contributed by atoms with Crippen LogP contribution in [0.25, 0.3) is 0 Å². The van der Waals surface area contributed by atoms with E-state index < -0.39 is 0 Å². The minimum Gasteiger partial charge on any atom is -0.0735 e. The molecule has 1 aromatic rings. The Hall–Kier alpha value is -1.04. The first-order chi connectivity index (χ1) is 6.64. The van der Waals surface area contributed by atoms with Gasteiger partial charge in [0.15, 0.2) is 0 Å². The fourth-order valence-corrected chi connectivity index (χ4v) is 2.45. The van der Waals surface area contributed by atoms with Gasteiger partial charge in [0.2, 0.25) is 0 Å². The smallest absolute Gasteiger partial charge is 0.0136 e. The Bertz CT molecular complexity index is 359. The summed E-state index contributed by atoms with van der Waals surface area (Å²) in [5.74, 6) is 0. The average Bonchev–Trinajstić information content (AvgIpc) is 2.49. The van der Waals surface area contributed by atoms with Gasteiger partial charge >= 0.3 is 0 Å². The van der Waals surface area contributed by atoms with Gasteiger partial charge in [-0.2, -0.15) is 0 Å². The van der Waals surface area contributed by atoms with Gasteiger partial charge in [0.1, 0.15) is 0 Å². The zero-order valence-corrected chi connectivity index (χ0v) is 9.30. The van der Waals surface area contributed by atoms with Crippen LogP contribution in [0.4, 0.5) is 0 Å². The lowest BCUT2D eigenvalue weighted by Gasteiger charge is -2.27. The zero-order valence-electron chi connectivity index (χ0n) is 9.30. The molecule has 0 saturated carbocycles. The van der Waals surface area contributed by atoms with E-state index in [1.807, 2.05) is 0 Å². The van der Waals surface area contributed by atoms with E-state index in [2.05, 4.69) is 51.1 Å². The Morgan fingerprint density at radius 2 is 1.71 bits per heavy atom. The highest BCUT2D eigenvalue weighted by Crippen LogP contribution is 2.44. The molecule has 0 N–H and O–H groups in total. The summed E-state index contributed by atoms with van der Waals surface area (Å²) in [5, 5.41) is 0. The Morgan fingerprint density at radius 3 is 2.21 bits per heavy atom. The molecule has 0 heterocycles. The first kappa shape index (κ1) is 9.51. The number of allylic oxidation sites excluding steroid dienone is 2. The van der Waals surface area contributed by atoms with Crippen LogP contribution in [0.1, 0.15) is 39.2 Å². The molecule has 1 aliphatic rings. The van der Waals surface area contributed by atoms with Crippen LogP contribution in [0, 0.1) is 0 Å². The lowest BCUT2D eigenvalue weighted by Crippen LogP contribution is -2.19. The molecule has 0 nitrogen and oxygen atoms in total. The molecule has 0 heteroatoms. The normalized spacial score (nSPS) is 27.1. The molecule has 1 aliphatic carbocycles.